The quantitative estimate of drug-likeness (QED) is 0.765. The van der Waals surface area contributed by atoms with Crippen molar-refractivity contribution in [2.75, 3.05) is 12.4 Å². The van der Waals surface area contributed by atoms with Gasteiger partial charge in [0.25, 0.3) is 5.91 Å². The summed E-state index contributed by atoms with van der Waals surface area (Å²) in [7, 11) is 1.60. The highest BCUT2D eigenvalue weighted by Crippen LogP contribution is 2.24. The van der Waals surface area contributed by atoms with Crippen molar-refractivity contribution in [1.82, 2.24) is 10.6 Å². The maximum atomic E-state index is 12.6. The molecule has 0 aliphatic heterocycles. The van der Waals surface area contributed by atoms with E-state index in [1.165, 1.54) is 0 Å². The van der Waals surface area contributed by atoms with Gasteiger partial charge in [0.2, 0.25) is 5.91 Å². The third-order valence-corrected chi connectivity index (χ3v) is 3.98. The molecule has 2 aromatic carbocycles. The second-order valence-electron chi connectivity index (χ2n) is 5.93. The predicted octanol–water partition coefficient (Wildman–Crippen LogP) is 2.48. The van der Waals surface area contributed by atoms with E-state index in [0.717, 1.165) is 24.1 Å². The zero-order chi connectivity index (χ0) is 16.9. The highest BCUT2D eigenvalue weighted by atomic mass is 16.2. The molecular weight excluding hydrogens is 302 g/mol. The molecule has 5 heteroatoms. The Kier molecular flexibility index (Phi) is 4.79. The molecule has 24 heavy (non-hydrogen) atoms. The number of carbonyl (C=O) groups is 2. The molecule has 0 spiro atoms. The minimum absolute atomic E-state index is 0.0472. The zero-order valence-electron chi connectivity index (χ0n) is 13.6. The number of rotatable bonds is 6. The summed E-state index contributed by atoms with van der Waals surface area (Å²) in [6.07, 6.45) is 2.08. The largest absolute Gasteiger partial charge is 0.370 e. The summed E-state index contributed by atoms with van der Waals surface area (Å²) in [5, 5.41) is 8.90. The maximum absolute atomic E-state index is 12.6. The topological polar surface area (TPSA) is 70.2 Å². The molecule has 0 radical (unpaired) electrons. The fraction of sp³-hybridized carbons (Fsp3) is 0.263. The highest BCUT2D eigenvalue weighted by molar-refractivity contribution is 5.95. The van der Waals surface area contributed by atoms with Gasteiger partial charge < -0.3 is 16.0 Å². The summed E-state index contributed by atoms with van der Waals surface area (Å²) < 4.78 is 0. The molecule has 1 saturated carbocycles. The van der Waals surface area contributed by atoms with Gasteiger partial charge in [0.1, 0.15) is 6.04 Å². The average molecular weight is 323 g/mol. The van der Waals surface area contributed by atoms with Gasteiger partial charge in [-0.15, -0.1) is 0 Å². The number of hydrogen-bond acceptors (Lipinski definition) is 3. The molecule has 1 aliphatic rings. The van der Waals surface area contributed by atoms with E-state index in [2.05, 4.69) is 16.0 Å². The van der Waals surface area contributed by atoms with Crippen LogP contribution in [0.5, 0.6) is 0 Å². The van der Waals surface area contributed by atoms with Crippen molar-refractivity contribution in [3.05, 3.63) is 65.7 Å². The Bertz CT molecular complexity index is 726. The van der Waals surface area contributed by atoms with E-state index in [1.54, 1.807) is 25.2 Å². The summed E-state index contributed by atoms with van der Waals surface area (Å²) >= 11 is 0. The van der Waals surface area contributed by atoms with Crippen molar-refractivity contribution in [2.45, 2.75) is 24.9 Å². The van der Waals surface area contributed by atoms with Gasteiger partial charge in [-0.05, 0) is 36.6 Å². The van der Waals surface area contributed by atoms with Crippen LogP contribution in [0.3, 0.4) is 0 Å². The number of carbonyl (C=O) groups excluding carboxylic acids is 2. The minimum Gasteiger partial charge on any atom is -0.370 e. The molecule has 1 aliphatic carbocycles. The highest BCUT2D eigenvalue weighted by Gasteiger charge is 2.28. The van der Waals surface area contributed by atoms with Crippen molar-refractivity contribution in [3.63, 3.8) is 0 Å². The molecule has 2 amide bonds. The van der Waals surface area contributed by atoms with Gasteiger partial charge in [-0.2, -0.15) is 0 Å². The second-order valence-corrected chi connectivity index (χ2v) is 5.93. The summed E-state index contributed by atoms with van der Waals surface area (Å²) in [6.45, 7) is 0. The monoisotopic (exact) mass is 323 g/mol. The van der Waals surface area contributed by atoms with Crippen LogP contribution in [0, 0.1) is 0 Å². The Balaban J connectivity index is 1.83. The SMILES string of the molecule is CNC(=O)c1cccc(NC(C(=O)NC2CC2)c2ccccc2)c1. The fourth-order valence-electron chi connectivity index (χ4n) is 2.52. The third kappa shape index (κ3) is 3.93. The Morgan fingerprint density at radius 2 is 1.79 bits per heavy atom. The molecule has 3 rings (SSSR count). The van der Waals surface area contributed by atoms with Crippen LogP contribution in [0.2, 0.25) is 0 Å². The van der Waals surface area contributed by atoms with Crippen LogP contribution < -0.4 is 16.0 Å². The van der Waals surface area contributed by atoms with Gasteiger partial charge >= 0.3 is 0 Å². The number of amides is 2. The van der Waals surface area contributed by atoms with Gasteiger partial charge in [0, 0.05) is 24.3 Å². The molecule has 2 aromatic rings. The summed E-state index contributed by atoms with van der Waals surface area (Å²) in [5.41, 5.74) is 2.17. The number of hydrogen-bond donors (Lipinski definition) is 3. The van der Waals surface area contributed by atoms with Gasteiger partial charge in [-0.3, -0.25) is 9.59 Å². The Hall–Kier alpha value is -2.82. The van der Waals surface area contributed by atoms with Gasteiger partial charge in [0.15, 0.2) is 0 Å². The summed E-state index contributed by atoms with van der Waals surface area (Å²) in [5.74, 6) is -0.202. The number of nitrogens with one attached hydrogen (secondary N) is 3. The second kappa shape index (κ2) is 7.17. The van der Waals surface area contributed by atoms with Crippen LogP contribution in [0.4, 0.5) is 5.69 Å². The first-order valence-corrected chi connectivity index (χ1v) is 8.11. The van der Waals surface area contributed by atoms with Crippen LogP contribution >= 0.6 is 0 Å². The molecule has 1 fully saturated rings. The fourth-order valence-corrected chi connectivity index (χ4v) is 2.52. The van der Waals surface area contributed by atoms with E-state index in [-0.39, 0.29) is 11.8 Å². The maximum Gasteiger partial charge on any atom is 0.251 e. The van der Waals surface area contributed by atoms with Gasteiger partial charge in [-0.25, -0.2) is 0 Å². The lowest BCUT2D eigenvalue weighted by Gasteiger charge is -2.20. The predicted molar refractivity (Wildman–Crippen MR) is 93.8 cm³/mol. The Morgan fingerprint density at radius 3 is 2.46 bits per heavy atom. The van der Waals surface area contributed by atoms with Crippen LogP contribution in [-0.2, 0) is 4.79 Å². The van der Waals surface area contributed by atoms with Crippen LogP contribution in [-0.4, -0.2) is 24.9 Å². The molecule has 124 valence electrons. The summed E-state index contributed by atoms with van der Waals surface area (Å²) in [4.78, 5) is 24.4. The lowest BCUT2D eigenvalue weighted by atomic mass is 10.1. The van der Waals surface area contributed by atoms with E-state index in [0.29, 0.717) is 11.6 Å². The van der Waals surface area contributed by atoms with E-state index >= 15 is 0 Å². The normalized spacial score (nSPS) is 14.5. The van der Waals surface area contributed by atoms with Gasteiger partial charge in [-0.1, -0.05) is 36.4 Å². The molecule has 0 aromatic heterocycles. The van der Waals surface area contributed by atoms with E-state index < -0.39 is 6.04 Å². The first-order valence-electron chi connectivity index (χ1n) is 8.11. The number of benzene rings is 2. The standard InChI is InChI=1S/C19H21N3O2/c1-20-18(23)14-8-5-9-16(12-14)21-17(13-6-3-2-4-7-13)19(24)22-15-10-11-15/h2-9,12,15,17,21H,10-11H2,1H3,(H,20,23)(H,22,24). The Morgan fingerprint density at radius 1 is 1.04 bits per heavy atom. The smallest absolute Gasteiger partial charge is 0.251 e. The molecule has 0 heterocycles. The van der Waals surface area contributed by atoms with E-state index in [1.807, 2.05) is 36.4 Å². The van der Waals surface area contributed by atoms with Crippen molar-refractivity contribution in [3.8, 4) is 0 Å². The van der Waals surface area contributed by atoms with Crippen molar-refractivity contribution >= 4 is 17.5 Å². The lowest BCUT2D eigenvalue weighted by Crippen LogP contribution is -2.34. The molecule has 3 N–H and O–H groups in total. The van der Waals surface area contributed by atoms with Crippen molar-refractivity contribution in [1.29, 1.82) is 0 Å². The average Bonchev–Trinajstić information content (AvgIpc) is 3.44. The molecule has 1 atom stereocenters. The third-order valence-electron chi connectivity index (χ3n) is 3.98. The van der Waals surface area contributed by atoms with Gasteiger partial charge in [0.05, 0.1) is 0 Å². The zero-order valence-corrected chi connectivity index (χ0v) is 13.6. The molecule has 0 bridgehead atoms. The molecule has 5 nitrogen and oxygen atoms in total. The van der Waals surface area contributed by atoms with Crippen molar-refractivity contribution < 1.29 is 9.59 Å². The molecule has 1 unspecified atom stereocenters. The van der Waals surface area contributed by atoms with E-state index in [9.17, 15) is 9.59 Å². The minimum atomic E-state index is -0.494. The first kappa shape index (κ1) is 16.1. The Labute approximate surface area is 141 Å². The van der Waals surface area contributed by atoms with Crippen LogP contribution in [0.1, 0.15) is 34.8 Å². The van der Waals surface area contributed by atoms with Crippen LogP contribution in [0.25, 0.3) is 0 Å². The summed E-state index contributed by atoms with van der Waals surface area (Å²) in [6, 6.07) is 16.5. The van der Waals surface area contributed by atoms with Crippen molar-refractivity contribution in [2.24, 2.45) is 0 Å². The molecular formula is C19H21N3O2. The van der Waals surface area contributed by atoms with Crippen LogP contribution in [0.15, 0.2) is 54.6 Å². The number of anilines is 1. The molecule has 0 saturated heterocycles. The first-order chi connectivity index (χ1) is 11.7. The van der Waals surface area contributed by atoms with E-state index in [4.69, 9.17) is 0 Å². The lowest BCUT2D eigenvalue weighted by molar-refractivity contribution is -0.122.